The van der Waals surface area contributed by atoms with E-state index in [9.17, 15) is 8.78 Å². The van der Waals surface area contributed by atoms with Gasteiger partial charge in [0.05, 0.1) is 5.69 Å². The molecule has 0 aliphatic carbocycles. The van der Waals surface area contributed by atoms with Crippen molar-refractivity contribution in [2.45, 2.75) is 26.4 Å². The van der Waals surface area contributed by atoms with E-state index in [-0.39, 0.29) is 6.04 Å². The number of halogens is 2. The predicted octanol–water partition coefficient (Wildman–Crippen LogP) is 2.91. The Bertz CT molecular complexity index is 572. The molecule has 0 spiro atoms. The summed E-state index contributed by atoms with van der Waals surface area (Å²) in [5.41, 5.74) is 1.56. The average Bonchev–Trinajstić information content (AvgIpc) is 2.39. The number of hydrogen-bond donors (Lipinski definition) is 1. The predicted molar refractivity (Wildman–Crippen MR) is 68.4 cm³/mol. The van der Waals surface area contributed by atoms with Crippen LogP contribution in [0.2, 0.25) is 0 Å². The van der Waals surface area contributed by atoms with E-state index in [0.29, 0.717) is 17.9 Å². The largest absolute Gasteiger partial charge is 0.305 e. The summed E-state index contributed by atoms with van der Waals surface area (Å²) in [6.07, 6.45) is 1.70. The van der Waals surface area contributed by atoms with Gasteiger partial charge in [-0.25, -0.2) is 18.7 Å². The lowest BCUT2D eigenvalue weighted by molar-refractivity contribution is 0.500. The van der Waals surface area contributed by atoms with Crippen LogP contribution in [0, 0.1) is 18.6 Å². The van der Waals surface area contributed by atoms with Gasteiger partial charge in [-0.2, -0.15) is 0 Å². The molecule has 5 heteroatoms. The molecule has 1 unspecified atom stereocenters. The van der Waals surface area contributed by atoms with E-state index in [0.717, 1.165) is 11.8 Å². The highest BCUT2D eigenvalue weighted by Gasteiger charge is 2.09. The fourth-order valence-corrected chi connectivity index (χ4v) is 1.76. The van der Waals surface area contributed by atoms with Crippen molar-refractivity contribution in [3.63, 3.8) is 0 Å². The molecule has 3 nitrogen and oxygen atoms in total. The molecule has 0 aliphatic rings. The summed E-state index contributed by atoms with van der Waals surface area (Å²) in [7, 11) is 0. The first-order valence-electron chi connectivity index (χ1n) is 6.03. The summed E-state index contributed by atoms with van der Waals surface area (Å²) < 4.78 is 26.0. The van der Waals surface area contributed by atoms with Gasteiger partial charge in [-0.3, -0.25) is 0 Å². The van der Waals surface area contributed by atoms with Gasteiger partial charge in [0.1, 0.15) is 5.82 Å². The van der Waals surface area contributed by atoms with E-state index in [1.54, 1.807) is 12.3 Å². The van der Waals surface area contributed by atoms with Crippen LogP contribution < -0.4 is 5.32 Å². The lowest BCUT2D eigenvalue weighted by Crippen LogP contribution is -2.19. The summed E-state index contributed by atoms with van der Waals surface area (Å²) in [5.74, 6) is -0.953. The van der Waals surface area contributed by atoms with E-state index in [1.807, 2.05) is 19.9 Å². The summed E-state index contributed by atoms with van der Waals surface area (Å²) in [5, 5.41) is 3.21. The first-order chi connectivity index (χ1) is 9.06. The van der Waals surface area contributed by atoms with Crippen LogP contribution in [0.25, 0.3) is 0 Å². The third-order valence-corrected chi connectivity index (χ3v) is 2.87. The SMILES string of the molecule is Cc1nccc(CNC(C)c2ccc(F)c(F)c2)n1. The highest BCUT2D eigenvalue weighted by molar-refractivity contribution is 5.20. The van der Waals surface area contributed by atoms with Gasteiger partial charge < -0.3 is 5.32 Å². The number of benzene rings is 1. The minimum atomic E-state index is -0.831. The summed E-state index contributed by atoms with van der Waals surface area (Å²) in [6.45, 7) is 4.26. The van der Waals surface area contributed by atoms with Crippen molar-refractivity contribution < 1.29 is 8.78 Å². The molecule has 1 aromatic carbocycles. The van der Waals surface area contributed by atoms with Crippen molar-refractivity contribution >= 4 is 0 Å². The second kappa shape index (κ2) is 5.84. The lowest BCUT2D eigenvalue weighted by Gasteiger charge is -2.14. The Labute approximate surface area is 110 Å². The maximum Gasteiger partial charge on any atom is 0.159 e. The molecule has 0 fully saturated rings. The van der Waals surface area contributed by atoms with Crippen molar-refractivity contribution in [3.8, 4) is 0 Å². The zero-order valence-electron chi connectivity index (χ0n) is 10.8. The standard InChI is InChI=1S/C14H15F2N3/c1-9(11-3-4-13(15)14(16)7-11)18-8-12-5-6-17-10(2)19-12/h3-7,9,18H,8H2,1-2H3. The topological polar surface area (TPSA) is 37.8 Å². The van der Waals surface area contributed by atoms with Crippen LogP contribution in [0.4, 0.5) is 8.78 Å². The Kier molecular flexibility index (Phi) is 4.16. The smallest absolute Gasteiger partial charge is 0.159 e. The van der Waals surface area contributed by atoms with Gasteiger partial charge in [-0.05, 0) is 37.6 Å². The minimum absolute atomic E-state index is 0.0922. The first kappa shape index (κ1) is 13.5. The van der Waals surface area contributed by atoms with Gasteiger partial charge in [-0.1, -0.05) is 6.07 Å². The number of nitrogens with one attached hydrogen (secondary N) is 1. The van der Waals surface area contributed by atoms with Crippen LogP contribution in [0.1, 0.15) is 30.0 Å². The van der Waals surface area contributed by atoms with Gasteiger partial charge in [0.15, 0.2) is 11.6 Å². The van der Waals surface area contributed by atoms with Gasteiger partial charge in [0, 0.05) is 18.8 Å². The third-order valence-electron chi connectivity index (χ3n) is 2.87. The zero-order chi connectivity index (χ0) is 13.8. The van der Waals surface area contributed by atoms with Crippen LogP contribution >= 0.6 is 0 Å². The molecule has 19 heavy (non-hydrogen) atoms. The van der Waals surface area contributed by atoms with E-state index >= 15 is 0 Å². The molecule has 1 atom stereocenters. The molecule has 100 valence electrons. The van der Waals surface area contributed by atoms with Gasteiger partial charge in [-0.15, -0.1) is 0 Å². The van der Waals surface area contributed by atoms with Crippen molar-refractivity contribution in [3.05, 3.63) is 59.2 Å². The van der Waals surface area contributed by atoms with E-state index < -0.39 is 11.6 Å². The molecule has 0 saturated carbocycles. The Morgan fingerprint density at radius 2 is 2.00 bits per heavy atom. The van der Waals surface area contributed by atoms with Gasteiger partial charge >= 0.3 is 0 Å². The van der Waals surface area contributed by atoms with Crippen LogP contribution in [0.3, 0.4) is 0 Å². The molecule has 0 aliphatic heterocycles. The fraction of sp³-hybridized carbons (Fsp3) is 0.286. The second-order valence-electron chi connectivity index (χ2n) is 4.37. The highest BCUT2D eigenvalue weighted by Crippen LogP contribution is 2.16. The Hall–Kier alpha value is -1.88. The van der Waals surface area contributed by atoms with Gasteiger partial charge in [0.25, 0.3) is 0 Å². The summed E-state index contributed by atoms with van der Waals surface area (Å²) in [6, 6.07) is 5.64. The molecule has 1 N–H and O–H groups in total. The number of aryl methyl sites for hydroxylation is 1. The monoisotopic (exact) mass is 263 g/mol. The maximum atomic E-state index is 13.1. The lowest BCUT2D eigenvalue weighted by atomic mass is 10.1. The second-order valence-corrected chi connectivity index (χ2v) is 4.37. The summed E-state index contributed by atoms with van der Waals surface area (Å²) >= 11 is 0. The minimum Gasteiger partial charge on any atom is -0.305 e. The van der Waals surface area contributed by atoms with Crippen LogP contribution in [-0.2, 0) is 6.54 Å². The molecular formula is C14H15F2N3. The van der Waals surface area contributed by atoms with E-state index in [1.165, 1.54) is 6.07 Å². The molecule has 2 aromatic rings. The van der Waals surface area contributed by atoms with Gasteiger partial charge in [0.2, 0.25) is 0 Å². The summed E-state index contributed by atoms with van der Waals surface area (Å²) in [4.78, 5) is 8.28. The van der Waals surface area contributed by atoms with Crippen molar-refractivity contribution in [1.29, 1.82) is 0 Å². The normalized spacial score (nSPS) is 12.4. The molecule has 0 amide bonds. The number of hydrogen-bond acceptors (Lipinski definition) is 3. The van der Waals surface area contributed by atoms with Crippen molar-refractivity contribution in [2.24, 2.45) is 0 Å². The molecule has 1 heterocycles. The van der Waals surface area contributed by atoms with Crippen LogP contribution in [0.5, 0.6) is 0 Å². The molecule has 0 bridgehead atoms. The molecule has 2 rings (SSSR count). The number of nitrogens with zero attached hydrogens (tertiary/aromatic N) is 2. The van der Waals surface area contributed by atoms with E-state index in [4.69, 9.17) is 0 Å². The number of aromatic nitrogens is 2. The quantitative estimate of drug-likeness (QED) is 0.921. The zero-order valence-corrected chi connectivity index (χ0v) is 10.8. The molecule has 0 radical (unpaired) electrons. The fourth-order valence-electron chi connectivity index (χ4n) is 1.76. The number of rotatable bonds is 4. The van der Waals surface area contributed by atoms with Crippen LogP contribution in [0.15, 0.2) is 30.5 Å². The third kappa shape index (κ3) is 3.54. The van der Waals surface area contributed by atoms with Crippen molar-refractivity contribution in [2.75, 3.05) is 0 Å². The average molecular weight is 263 g/mol. The Balaban J connectivity index is 2.01. The molecular weight excluding hydrogens is 248 g/mol. The van der Waals surface area contributed by atoms with Crippen molar-refractivity contribution in [1.82, 2.24) is 15.3 Å². The Morgan fingerprint density at radius 1 is 1.21 bits per heavy atom. The maximum absolute atomic E-state index is 13.1. The first-order valence-corrected chi connectivity index (χ1v) is 6.03. The van der Waals surface area contributed by atoms with E-state index in [2.05, 4.69) is 15.3 Å². The highest BCUT2D eigenvalue weighted by atomic mass is 19.2. The van der Waals surface area contributed by atoms with Crippen LogP contribution in [-0.4, -0.2) is 9.97 Å². The Morgan fingerprint density at radius 3 is 2.68 bits per heavy atom. The molecule has 0 saturated heterocycles. The molecule has 1 aromatic heterocycles.